The largest absolute Gasteiger partial charge is 0.0889 e. The van der Waals surface area contributed by atoms with E-state index < -0.39 is 0 Å². The van der Waals surface area contributed by atoms with Crippen molar-refractivity contribution in [2.45, 2.75) is 9.79 Å². The molecule has 0 atom stereocenters. The van der Waals surface area contributed by atoms with Gasteiger partial charge in [0.25, 0.3) is 0 Å². The molecule has 0 N–H and O–H groups in total. The fourth-order valence-corrected chi connectivity index (χ4v) is 2.80. The normalized spacial score (nSPS) is 10.3. The first-order chi connectivity index (χ1) is 7.25. The summed E-state index contributed by atoms with van der Waals surface area (Å²) in [7, 11) is 0. The van der Waals surface area contributed by atoms with Crippen LogP contribution in [0.25, 0.3) is 0 Å². The van der Waals surface area contributed by atoms with Crippen molar-refractivity contribution < 1.29 is 0 Å². The molecule has 0 amide bonds. The van der Waals surface area contributed by atoms with Crippen LogP contribution in [-0.4, -0.2) is 0 Å². The Morgan fingerprint density at radius 2 is 1.73 bits per heavy atom. The molecule has 0 aliphatic rings. The van der Waals surface area contributed by atoms with E-state index in [0.29, 0.717) is 0 Å². The lowest BCUT2D eigenvalue weighted by Crippen LogP contribution is -1.76. The Balaban J connectivity index is 2.28. The molecule has 76 valence electrons. The SMILES string of the molecule is Clc1ccc(Br)c(Sc2ccccc2)c1. The monoisotopic (exact) mass is 298 g/mol. The van der Waals surface area contributed by atoms with Gasteiger partial charge in [-0.15, -0.1) is 0 Å². The first-order valence-electron chi connectivity index (χ1n) is 4.43. The predicted molar refractivity (Wildman–Crippen MR) is 69.7 cm³/mol. The molecule has 0 spiro atoms. The molecule has 0 unspecified atom stereocenters. The van der Waals surface area contributed by atoms with Gasteiger partial charge < -0.3 is 0 Å². The molecule has 2 rings (SSSR count). The van der Waals surface area contributed by atoms with E-state index in [0.717, 1.165) is 14.4 Å². The lowest BCUT2D eigenvalue weighted by Gasteiger charge is -2.04. The lowest BCUT2D eigenvalue weighted by molar-refractivity contribution is 1.37. The van der Waals surface area contributed by atoms with Crippen LogP contribution in [-0.2, 0) is 0 Å². The zero-order valence-corrected chi connectivity index (χ0v) is 10.9. The van der Waals surface area contributed by atoms with Gasteiger partial charge in [-0.25, -0.2) is 0 Å². The van der Waals surface area contributed by atoms with Gasteiger partial charge in [-0.3, -0.25) is 0 Å². The minimum atomic E-state index is 0.761. The highest BCUT2D eigenvalue weighted by atomic mass is 79.9. The zero-order chi connectivity index (χ0) is 10.7. The predicted octanol–water partition coefficient (Wildman–Crippen LogP) is 5.25. The highest BCUT2D eigenvalue weighted by Gasteiger charge is 2.02. The van der Waals surface area contributed by atoms with Crippen LogP contribution in [0.1, 0.15) is 0 Å². The standard InChI is InChI=1S/C12H8BrClS/c13-11-7-6-9(14)8-12(11)15-10-4-2-1-3-5-10/h1-8H. The first kappa shape index (κ1) is 11.1. The number of halogens is 2. The van der Waals surface area contributed by atoms with Crippen molar-refractivity contribution in [1.29, 1.82) is 0 Å². The Kier molecular flexibility index (Phi) is 3.73. The molecule has 0 aromatic heterocycles. The summed E-state index contributed by atoms with van der Waals surface area (Å²) in [5, 5.41) is 0.761. The molecule has 3 heteroatoms. The Labute approximate surface area is 107 Å². The van der Waals surface area contributed by atoms with E-state index in [1.807, 2.05) is 36.4 Å². The summed E-state index contributed by atoms with van der Waals surface area (Å²) in [6.07, 6.45) is 0. The quantitative estimate of drug-likeness (QED) is 0.729. The van der Waals surface area contributed by atoms with Crippen LogP contribution < -0.4 is 0 Å². The highest BCUT2D eigenvalue weighted by Crippen LogP contribution is 2.34. The summed E-state index contributed by atoms with van der Waals surface area (Å²) in [5.74, 6) is 0. The fourth-order valence-electron chi connectivity index (χ4n) is 1.17. The molecule has 0 saturated heterocycles. The molecule has 0 fully saturated rings. The van der Waals surface area contributed by atoms with E-state index in [4.69, 9.17) is 11.6 Å². The third-order valence-electron chi connectivity index (χ3n) is 1.86. The number of benzene rings is 2. The molecular weight excluding hydrogens is 292 g/mol. The van der Waals surface area contributed by atoms with Crippen molar-refractivity contribution in [2.75, 3.05) is 0 Å². The van der Waals surface area contributed by atoms with Gasteiger partial charge in [-0.2, -0.15) is 0 Å². The van der Waals surface area contributed by atoms with Gasteiger partial charge in [0.1, 0.15) is 0 Å². The van der Waals surface area contributed by atoms with Crippen LogP contribution in [0.2, 0.25) is 5.02 Å². The van der Waals surface area contributed by atoms with Crippen LogP contribution in [0.4, 0.5) is 0 Å². The minimum absolute atomic E-state index is 0.761. The van der Waals surface area contributed by atoms with Gasteiger partial charge in [0.05, 0.1) is 0 Å². The van der Waals surface area contributed by atoms with Crippen LogP contribution in [0.5, 0.6) is 0 Å². The van der Waals surface area contributed by atoms with Gasteiger partial charge in [-0.05, 0) is 46.3 Å². The van der Waals surface area contributed by atoms with Gasteiger partial charge >= 0.3 is 0 Å². The molecule has 2 aromatic rings. The molecule has 0 heterocycles. The molecule has 0 radical (unpaired) electrons. The lowest BCUT2D eigenvalue weighted by atomic mass is 10.4. The average molecular weight is 300 g/mol. The van der Waals surface area contributed by atoms with Gasteiger partial charge in [0, 0.05) is 19.3 Å². The van der Waals surface area contributed by atoms with E-state index >= 15 is 0 Å². The van der Waals surface area contributed by atoms with E-state index in [2.05, 4.69) is 28.1 Å². The van der Waals surface area contributed by atoms with Crippen LogP contribution in [0, 0.1) is 0 Å². The number of hydrogen-bond donors (Lipinski definition) is 0. The third-order valence-corrected chi connectivity index (χ3v) is 4.12. The molecule has 0 aliphatic heterocycles. The maximum absolute atomic E-state index is 5.95. The molecule has 0 nitrogen and oxygen atoms in total. The van der Waals surface area contributed by atoms with Crippen LogP contribution >= 0.6 is 39.3 Å². The van der Waals surface area contributed by atoms with Crippen molar-refractivity contribution in [2.24, 2.45) is 0 Å². The van der Waals surface area contributed by atoms with Gasteiger partial charge in [0.15, 0.2) is 0 Å². The summed E-state index contributed by atoms with van der Waals surface area (Å²) in [4.78, 5) is 2.34. The first-order valence-corrected chi connectivity index (χ1v) is 6.42. The Morgan fingerprint density at radius 3 is 2.47 bits per heavy atom. The third kappa shape index (κ3) is 3.00. The number of hydrogen-bond acceptors (Lipinski definition) is 1. The van der Waals surface area contributed by atoms with E-state index in [9.17, 15) is 0 Å². The summed E-state index contributed by atoms with van der Waals surface area (Å²) in [6.45, 7) is 0. The summed E-state index contributed by atoms with van der Waals surface area (Å²) < 4.78 is 1.07. The Morgan fingerprint density at radius 1 is 1.00 bits per heavy atom. The smallest absolute Gasteiger partial charge is 0.0418 e. The summed E-state index contributed by atoms with van der Waals surface area (Å²) in [6, 6.07) is 16.0. The Hall–Kier alpha value is -0.440. The second kappa shape index (κ2) is 5.06. The maximum atomic E-state index is 5.95. The maximum Gasteiger partial charge on any atom is 0.0418 e. The summed E-state index contributed by atoms with van der Waals surface area (Å²) in [5.41, 5.74) is 0. The second-order valence-electron chi connectivity index (χ2n) is 2.99. The molecule has 15 heavy (non-hydrogen) atoms. The van der Waals surface area contributed by atoms with Crippen molar-refractivity contribution in [3.63, 3.8) is 0 Å². The molecular formula is C12H8BrClS. The van der Waals surface area contributed by atoms with Crippen LogP contribution in [0.3, 0.4) is 0 Å². The average Bonchev–Trinajstić information content (AvgIpc) is 2.25. The summed E-state index contributed by atoms with van der Waals surface area (Å²) >= 11 is 11.2. The Bertz CT molecular complexity index is 456. The fraction of sp³-hybridized carbons (Fsp3) is 0. The molecule has 0 aliphatic carbocycles. The van der Waals surface area contributed by atoms with Crippen LogP contribution in [0.15, 0.2) is 62.8 Å². The highest BCUT2D eigenvalue weighted by molar-refractivity contribution is 9.10. The second-order valence-corrected chi connectivity index (χ2v) is 5.40. The van der Waals surface area contributed by atoms with Gasteiger partial charge in [-0.1, -0.05) is 41.6 Å². The van der Waals surface area contributed by atoms with E-state index in [1.54, 1.807) is 11.8 Å². The molecule has 2 aromatic carbocycles. The van der Waals surface area contributed by atoms with Crippen molar-refractivity contribution in [1.82, 2.24) is 0 Å². The molecule has 0 saturated carbocycles. The van der Waals surface area contributed by atoms with Crippen molar-refractivity contribution >= 4 is 39.3 Å². The van der Waals surface area contributed by atoms with Crippen molar-refractivity contribution in [3.05, 3.63) is 58.0 Å². The van der Waals surface area contributed by atoms with E-state index in [1.165, 1.54) is 4.90 Å². The van der Waals surface area contributed by atoms with E-state index in [-0.39, 0.29) is 0 Å². The minimum Gasteiger partial charge on any atom is -0.0889 e. The van der Waals surface area contributed by atoms with Gasteiger partial charge in [0.2, 0.25) is 0 Å². The zero-order valence-electron chi connectivity index (χ0n) is 7.78. The topological polar surface area (TPSA) is 0 Å². The van der Waals surface area contributed by atoms with Crippen molar-refractivity contribution in [3.8, 4) is 0 Å². The molecule has 0 bridgehead atoms. The number of rotatable bonds is 2.